The van der Waals surface area contributed by atoms with E-state index in [2.05, 4.69) is 19.1 Å². The van der Waals surface area contributed by atoms with Crippen molar-refractivity contribution in [3.63, 3.8) is 0 Å². The largest absolute Gasteiger partial charge is 0.459 e. The maximum Gasteiger partial charge on any atom is 0.289 e. The summed E-state index contributed by atoms with van der Waals surface area (Å²) < 4.78 is 5.16. The third kappa shape index (κ3) is 3.58. The van der Waals surface area contributed by atoms with E-state index in [0.717, 1.165) is 5.56 Å². The van der Waals surface area contributed by atoms with E-state index in [-0.39, 0.29) is 22.4 Å². The standard InChI is InChI=1S/C19H22N2O3S/c1-13-7-4-5-8-15(13)19-21(17(22)14(2)25-19)11-10-20(3)18(23)16-9-6-12-24-16/h4-9,12,14,19H,10-11H2,1-3H3/t14-,19+/m0/s1. The first-order chi connectivity index (χ1) is 12.0. The van der Waals surface area contributed by atoms with Crippen molar-refractivity contribution in [2.75, 3.05) is 20.1 Å². The average Bonchev–Trinajstić information content (AvgIpc) is 3.22. The van der Waals surface area contributed by atoms with Gasteiger partial charge in [-0.2, -0.15) is 0 Å². The number of benzene rings is 1. The lowest BCUT2D eigenvalue weighted by molar-refractivity contribution is -0.129. The van der Waals surface area contributed by atoms with E-state index in [1.54, 1.807) is 35.8 Å². The second kappa shape index (κ2) is 7.35. The SMILES string of the molecule is Cc1ccccc1[C@H]1S[C@@H](C)C(=O)N1CCN(C)C(=O)c1ccco1. The van der Waals surface area contributed by atoms with Gasteiger partial charge in [0.1, 0.15) is 5.37 Å². The molecule has 25 heavy (non-hydrogen) atoms. The number of amides is 2. The van der Waals surface area contributed by atoms with Crippen molar-refractivity contribution >= 4 is 23.6 Å². The van der Waals surface area contributed by atoms with Crippen LogP contribution >= 0.6 is 11.8 Å². The number of thioether (sulfide) groups is 1. The molecule has 0 unspecified atom stereocenters. The molecule has 1 saturated heterocycles. The van der Waals surface area contributed by atoms with Crippen molar-refractivity contribution in [2.45, 2.75) is 24.5 Å². The summed E-state index contributed by atoms with van der Waals surface area (Å²) in [6.45, 7) is 4.96. The Hall–Kier alpha value is -2.21. The summed E-state index contributed by atoms with van der Waals surface area (Å²) in [6, 6.07) is 11.5. The fourth-order valence-electron chi connectivity index (χ4n) is 2.95. The van der Waals surface area contributed by atoms with Gasteiger partial charge >= 0.3 is 0 Å². The Morgan fingerprint density at radius 3 is 2.72 bits per heavy atom. The fourth-order valence-corrected chi connectivity index (χ4v) is 4.36. The number of aryl methyl sites for hydroxylation is 1. The van der Waals surface area contributed by atoms with Crippen molar-refractivity contribution in [1.82, 2.24) is 9.80 Å². The Balaban J connectivity index is 1.72. The number of likely N-dealkylation sites (N-methyl/N-ethyl adjacent to an activating group) is 1. The summed E-state index contributed by atoms with van der Waals surface area (Å²) in [5.74, 6) is 0.260. The summed E-state index contributed by atoms with van der Waals surface area (Å²) in [5, 5.41) is -0.0773. The molecule has 2 atom stereocenters. The molecule has 2 heterocycles. The highest BCUT2D eigenvalue weighted by molar-refractivity contribution is 8.01. The molecular weight excluding hydrogens is 336 g/mol. The molecule has 6 heteroatoms. The van der Waals surface area contributed by atoms with Crippen LogP contribution in [0, 0.1) is 6.92 Å². The predicted octanol–water partition coefficient (Wildman–Crippen LogP) is 3.32. The monoisotopic (exact) mass is 358 g/mol. The first-order valence-corrected chi connectivity index (χ1v) is 9.23. The Morgan fingerprint density at radius 2 is 2.04 bits per heavy atom. The normalized spacial score (nSPS) is 20.1. The minimum Gasteiger partial charge on any atom is -0.459 e. The van der Waals surface area contributed by atoms with Crippen LogP contribution in [0.3, 0.4) is 0 Å². The summed E-state index contributed by atoms with van der Waals surface area (Å²) >= 11 is 1.66. The van der Waals surface area contributed by atoms with Crippen molar-refractivity contribution in [3.05, 3.63) is 59.5 Å². The van der Waals surface area contributed by atoms with Crippen molar-refractivity contribution in [2.24, 2.45) is 0 Å². The van der Waals surface area contributed by atoms with E-state index in [0.29, 0.717) is 18.8 Å². The van der Waals surface area contributed by atoms with Crippen LogP contribution in [0.4, 0.5) is 0 Å². The van der Waals surface area contributed by atoms with E-state index in [1.807, 2.05) is 24.0 Å². The Kier molecular flexibility index (Phi) is 5.18. The van der Waals surface area contributed by atoms with Crippen LogP contribution in [0.25, 0.3) is 0 Å². The Labute approximate surface area is 152 Å². The van der Waals surface area contributed by atoms with Crippen LogP contribution in [0.5, 0.6) is 0 Å². The number of hydrogen-bond donors (Lipinski definition) is 0. The smallest absolute Gasteiger partial charge is 0.289 e. The van der Waals surface area contributed by atoms with Gasteiger partial charge in [0.05, 0.1) is 11.5 Å². The maximum absolute atomic E-state index is 12.6. The van der Waals surface area contributed by atoms with Gasteiger partial charge in [0.25, 0.3) is 5.91 Å². The molecule has 1 aliphatic rings. The number of carbonyl (C=O) groups excluding carboxylic acids is 2. The number of hydrogen-bond acceptors (Lipinski definition) is 4. The van der Waals surface area contributed by atoms with E-state index in [1.165, 1.54) is 11.8 Å². The molecule has 2 amide bonds. The van der Waals surface area contributed by atoms with Crippen LogP contribution in [0.1, 0.15) is 34.0 Å². The molecular formula is C19H22N2O3S. The quantitative estimate of drug-likeness (QED) is 0.823. The van der Waals surface area contributed by atoms with Gasteiger partial charge in [-0.15, -0.1) is 11.8 Å². The van der Waals surface area contributed by atoms with Gasteiger partial charge in [-0.3, -0.25) is 9.59 Å². The molecule has 132 valence electrons. The molecule has 0 spiro atoms. The van der Waals surface area contributed by atoms with Crippen LogP contribution < -0.4 is 0 Å². The topological polar surface area (TPSA) is 53.8 Å². The maximum atomic E-state index is 12.6. The lowest BCUT2D eigenvalue weighted by Crippen LogP contribution is -2.39. The van der Waals surface area contributed by atoms with Gasteiger partial charge < -0.3 is 14.2 Å². The molecule has 3 rings (SSSR count). The molecule has 0 N–H and O–H groups in total. The zero-order valence-corrected chi connectivity index (χ0v) is 15.5. The van der Waals surface area contributed by atoms with Gasteiger partial charge in [-0.1, -0.05) is 24.3 Å². The van der Waals surface area contributed by atoms with Crippen LogP contribution in [-0.2, 0) is 4.79 Å². The Bertz CT molecular complexity index is 760. The third-order valence-electron chi connectivity index (χ3n) is 4.46. The second-order valence-electron chi connectivity index (χ2n) is 6.22. The molecule has 1 aromatic carbocycles. The van der Waals surface area contributed by atoms with Gasteiger partial charge in [0.15, 0.2) is 5.76 Å². The van der Waals surface area contributed by atoms with Crippen LogP contribution in [0.2, 0.25) is 0 Å². The molecule has 1 aromatic heterocycles. The average molecular weight is 358 g/mol. The number of carbonyl (C=O) groups is 2. The molecule has 5 nitrogen and oxygen atoms in total. The van der Waals surface area contributed by atoms with E-state index < -0.39 is 0 Å². The minimum atomic E-state index is -0.176. The number of nitrogens with zero attached hydrogens (tertiary/aromatic N) is 2. The van der Waals surface area contributed by atoms with Gasteiger partial charge in [0.2, 0.25) is 5.91 Å². The fraction of sp³-hybridized carbons (Fsp3) is 0.368. The zero-order valence-electron chi connectivity index (χ0n) is 14.6. The lowest BCUT2D eigenvalue weighted by Gasteiger charge is -2.27. The van der Waals surface area contributed by atoms with Gasteiger partial charge in [-0.25, -0.2) is 0 Å². The van der Waals surface area contributed by atoms with E-state index in [9.17, 15) is 9.59 Å². The highest BCUT2D eigenvalue weighted by atomic mass is 32.2. The van der Waals surface area contributed by atoms with Crippen LogP contribution in [-0.4, -0.2) is 47.0 Å². The highest BCUT2D eigenvalue weighted by Crippen LogP contribution is 2.43. The predicted molar refractivity (Wildman–Crippen MR) is 98.4 cm³/mol. The molecule has 0 bridgehead atoms. The minimum absolute atomic E-state index is 0.00388. The third-order valence-corrected chi connectivity index (χ3v) is 5.83. The molecule has 1 fully saturated rings. The summed E-state index contributed by atoms with van der Waals surface area (Å²) in [7, 11) is 1.73. The summed E-state index contributed by atoms with van der Waals surface area (Å²) in [6.07, 6.45) is 1.48. The van der Waals surface area contributed by atoms with Crippen molar-refractivity contribution in [3.8, 4) is 0 Å². The molecule has 0 saturated carbocycles. The first-order valence-electron chi connectivity index (χ1n) is 8.29. The van der Waals surface area contributed by atoms with Crippen molar-refractivity contribution in [1.29, 1.82) is 0 Å². The number of furan rings is 1. The number of rotatable bonds is 5. The molecule has 0 aliphatic carbocycles. The van der Waals surface area contributed by atoms with Crippen molar-refractivity contribution < 1.29 is 14.0 Å². The van der Waals surface area contributed by atoms with E-state index in [4.69, 9.17) is 4.42 Å². The highest BCUT2D eigenvalue weighted by Gasteiger charge is 2.38. The first kappa shape index (κ1) is 17.6. The molecule has 0 radical (unpaired) electrons. The molecule has 1 aliphatic heterocycles. The Morgan fingerprint density at radius 1 is 1.28 bits per heavy atom. The zero-order chi connectivity index (χ0) is 18.0. The molecule has 2 aromatic rings. The van der Waals surface area contributed by atoms with E-state index >= 15 is 0 Å². The lowest BCUT2D eigenvalue weighted by atomic mass is 10.1. The van der Waals surface area contributed by atoms with Crippen LogP contribution in [0.15, 0.2) is 47.1 Å². The van der Waals surface area contributed by atoms with Gasteiger partial charge in [0, 0.05) is 20.1 Å². The second-order valence-corrected chi connectivity index (χ2v) is 7.65. The van der Waals surface area contributed by atoms with Gasteiger partial charge in [-0.05, 0) is 37.1 Å². The summed E-state index contributed by atoms with van der Waals surface area (Å²) in [4.78, 5) is 28.4. The summed E-state index contributed by atoms with van der Waals surface area (Å²) in [5.41, 5.74) is 2.33.